The molecule has 2 heterocycles. The van der Waals surface area contributed by atoms with E-state index in [2.05, 4.69) is 41.2 Å². The van der Waals surface area contributed by atoms with Gasteiger partial charge >= 0.3 is 0 Å². The lowest BCUT2D eigenvalue weighted by Gasteiger charge is -2.01. The van der Waals surface area contributed by atoms with E-state index >= 15 is 0 Å². The second-order valence-corrected chi connectivity index (χ2v) is 3.39. The molecule has 14 heavy (non-hydrogen) atoms. The summed E-state index contributed by atoms with van der Waals surface area (Å²) in [5.41, 5.74) is 0.759. The molecule has 70 valence electrons. The highest BCUT2D eigenvalue weighted by Gasteiger charge is 1.96. The summed E-state index contributed by atoms with van der Waals surface area (Å²) >= 11 is 3.25. The first-order valence-electron chi connectivity index (χ1n) is 3.84. The van der Waals surface area contributed by atoms with Crippen LogP contribution in [0, 0.1) is 0 Å². The summed E-state index contributed by atoms with van der Waals surface area (Å²) in [4.78, 5) is 15.8. The number of aromatic nitrogens is 4. The fraction of sp³-hybridized carbons (Fsp3) is 0. The molecule has 5 nitrogen and oxygen atoms in total. The molecule has 0 saturated heterocycles. The number of hydrogen-bond acceptors (Lipinski definition) is 5. The first-order chi connectivity index (χ1) is 6.84. The van der Waals surface area contributed by atoms with Crippen LogP contribution >= 0.6 is 15.9 Å². The van der Waals surface area contributed by atoms with Crippen LogP contribution in [0.25, 0.3) is 0 Å². The van der Waals surface area contributed by atoms with E-state index in [-0.39, 0.29) is 0 Å². The van der Waals surface area contributed by atoms with Crippen molar-refractivity contribution in [2.75, 3.05) is 5.32 Å². The molecule has 0 aliphatic heterocycles. The predicted molar refractivity (Wildman–Crippen MR) is 55.0 cm³/mol. The van der Waals surface area contributed by atoms with Gasteiger partial charge in [0.05, 0.1) is 22.6 Å². The van der Waals surface area contributed by atoms with Crippen molar-refractivity contribution in [3.8, 4) is 0 Å². The lowest BCUT2D eigenvalue weighted by atomic mass is 10.5. The monoisotopic (exact) mass is 251 g/mol. The third kappa shape index (κ3) is 2.23. The van der Waals surface area contributed by atoms with E-state index in [0.717, 1.165) is 10.2 Å². The van der Waals surface area contributed by atoms with Gasteiger partial charge < -0.3 is 5.32 Å². The van der Waals surface area contributed by atoms with Gasteiger partial charge in [-0.05, 0) is 15.9 Å². The Morgan fingerprint density at radius 2 is 1.64 bits per heavy atom. The second-order valence-electron chi connectivity index (χ2n) is 2.48. The lowest BCUT2D eigenvalue weighted by molar-refractivity contribution is 1.12. The Labute approximate surface area is 88.8 Å². The van der Waals surface area contributed by atoms with E-state index in [9.17, 15) is 0 Å². The van der Waals surface area contributed by atoms with Crippen molar-refractivity contribution in [1.82, 2.24) is 19.9 Å². The maximum atomic E-state index is 4.05. The third-order valence-corrected chi connectivity index (χ3v) is 1.85. The van der Waals surface area contributed by atoms with Gasteiger partial charge in [-0.1, -0.05) is 0 Å². The molecule has 0 aliphatic rings. The first kappa shape index (κ1) is 9.01. The highest BCUT2D eigenvalue weighted by atomic mass is 79.9. The fourth-order valence-electron chi connectivity index (χ4n) is 0.870. The standard InChI is InChI=1S/C8H6BrN5/c9-6-1-12-8(13-2-6)14-7-3-10-5-11-4-7/h1-5H,(H,12,13,14). The maximum Gasteiger partial charge on any atom is 0.227 e. The Morgan fingerprint density at radius 1 is 1.00 bits per heavy atom. The lowest BCUT2D eigenvalue weighted by Crippen LogP contribution is -1.96. The number of anilines is 2. The van der Waals surface area contributed by atoms with Gasteiger partial charge in [0.15, 0.2) is 0 Å². The maximum absolute atomic E-state index is 4.05. The molecule has 6 heteroatoms. The minimum Gasteiger partial charge on any atom is -0.322 e. The SMILES string of the molecule is Brc1cnc(Nc2cncnc2)nc1. The van der Waals surface area contributed by atoms with Crippen LogP contribution in [0.5, 0.6) is 0 Å². The van der Waals surface area contributed by atoms with Crippen molar-refractivity contribution in [2.45, 2.75) is 0 Å². The van der Waals surface area contributed by atoms with Crippen LogP contribution in [0.3, 0.4) is 0 Å². The zero-order valence-electron chi connectivity index (χ0n) is 7.05. The molecule has 1 N–H and O–H groups in total. The molecule has 0 radical (unpaired) electrons. The average Bonchev–Trinajstić information content (AvgIpc) is 2.23. The van der Waals surface area contributed by atoms with Gasteiger partial charge in [-0.2, -0.15) is 0 Å². The quantitative estimate of drug-likeness (QED) is 0.882. The summed E-state index contributed by atoms with van der Waals surface area (Å²) in [6.45, 7) is 0. The van der Waals surface area contributed by atoms with Crippen LogP contribution in [0.1, 0.15) is 0 Å². The number of halogens is 1. The average molecular weight is 252 g/mol. The van der Waals surface area contributed by atoms with Crippen molar-refractivity contribution in [2.24, 2.45) is 0 Å². The molecule has 2 aromatic rings. The minimum atomic E-state index is 0.517. The Kier molecular flexibility index (Phi) is 2.64. The molecule has 0 amide bonds. The van der Waals surface area contributed by atoms with Crippen LogP contribution in [-0.4, -0.2) is 19.9 Å². The van der Waals surface area contributed by atoms with Crippen LogP contribution in [-0.2, 0) is 0 Å². The summed E-state index contributed by atoms with van der Waals surface area (Å²) in [7, 11) is 0. The molecule has 0 fully saturated rings. The van der Waals surface area contributed by atoms with Gasteiger partial charge in [0.1, 0.15) is 6.33 Å². The van der Waals surface area contributed by atoms with Crippen molar-refractivity contribution in [3.05, 3.63) is 35.6 Å². The van der Waals surface area contributed by atoms with Gasteiger partial charge in [-0.25, -0.2) is 19.9 Å². The molecule has 2 aromatic heterocycles. The Balaban J connectivity index is 2.16. The van der Waals surface area contributed by atoms with E-state index in [1.54, 1.807) is 24.8 Å². The highest BCUT2D eigenvalue weighted by Crippen LogP contribution is 2.11. The molecule has 0 unspecified atom stereocenters. The topological polar surface area (TPSA) is 63.6 Å². The fourth-order valence-corrected chi connectivity index (χ4v) is 1.07. The molecular formula is C8H6BrN5. The molecule has 0 atom stereocenters. The Morgan fingerprint density at radius 3 is 2.29 bits per heavy atom. The van der Waals surface area contributed by atoms with E-state index in [1.165, 1.54) is 6.33 Å². The van der Waals surface area contributed by atoms with Crippen LogP contribution in [0.2, 0.25) is 0 Å². The third-order valence-electron chi connectivity index (χ3n) is 1.44. The van der Waals surface area contributed by atoms with Gasteiger partial charge in [-0.15, -0.1) is 0 Å². The largest absolute Gasteiger partial charge is 0.322 e. The zero-order chi connectivity index (χ0) is 9.80. The number of nitrogens with zero attached hydrogens (tertiary/aromatic N) is 4. The van der Waals surface area contributed by atoms with Gasteiger partial charge in [-0.3, -0.25) is 0 Å². The molecule has 0 saturated carbocycles. The molecule has 0 bridgehead atoms. The number of hydrogen-bond donors (Lipinski definition) is 1. The minimum absolute atomic E-state index is 0.517. The summed E-state index contributed by atoms with van der Waals surface area (Å²) in [5, 5.41) is 2.96. The Bertz CT molecular complexity index is 402. The zero-order valence-corrected chi connectivity index (χ0v) is 8.64. The van der Waals surface area contributed by atoms with E-state index < -0.39 is 0 Å². The first-order valence-corrected chi connectivity index (χ1v) is 4.63. The summed E-state index contributed by atoms with van der Waals surface area (Å²) in [6, 6.07) is 0. The summed E-state index contributed by atoms with van der Waals surface area (Å²) in [6.07, 6.45) is 8.10. The molecular weight excluding hydrogens is 246 g/mol. The summed E-state index contributed by atoms with van der Waals surface area (Å²) < 4.78 is 0.840. The van der Waals surface area contributed by atoms with Crippen molar-refractivity contribution >= 4 is 27.6 Å². The normalized spacial score (nSPS) is 9.79. The van der Waals surface area contributed by atoms with E-state index in [4.69, 9.17) is 0 Å². The van der Waals surface area contributed by atoms with Gasteiger partial charge in [0.2, 0.25) is 5.95 Å². The summed E-state index contributed by atoms with van der Waals surface area (Å²) in [5.74, 6) is 0.517. The smallest absolute Gasteiger partial charge is 0.227 e. The predicted octanol–water partition coefficient (Wildman–Crippen LogP) is 1.77. The van der Waals surface area contributed by atoms with Gasteiger partial charge in [0.25, 0.3) is 0 Å². The molecule has 2 rings (SSSR count). The second kappa shape index (κ2) is 4.10. The van der Waals surface area contributed by atoms with E-state index in [0.29, 0.717) is 5.95 Å². The van der Waals surface area contributed by atoms with Crippen molar-refractivity contribution < 1.29 is 0 Å². The van der Waals surface area contributed by atoms with Crippen molar-refractivity contribution in [3.63, 3.8) is 0 Å². The number of rotatable bonds is 2. The van der Waals surface area contributed by atoms with E-state index in [1.807, 2.05) is 0 Å². The number of nitrogens with one attached hydrogen (secondary N) is 1. The van der Waals surface area contributed by atoms with Crippen LogP contribution < -0.4 is 5.32 Å². The Hall–Kier alpha value is -1.56. The van der Waals surface area contributed by atoms with Gasteiger partial charge in [0, 0.05) is 12.4 Å². The van der Waals surface area contributed by atoms with Crippen LogP contribution in [0.4, 0.5) is 11.6 Å². The van der Waals surface area contributed by atoms with Crippen molar-refractivity contribution in [1.29, 1.82) is 0 Å². The molecule has 0 aliphatic carbocycles. The molecule has 0 spiro atoms. The molecule has 0 aromatic carbocycles. The van der Waals surface area contributed by atoms with Crippen LogP contribution in [0.15, 0.2) is 35.6 Å². The highest BCUT2D eigenvalue weighted by molar-refractivity contribution is 9.10.